The van der Waals surface area contributed by atoms with Crippen LogP contribution in [0.25, 0.3) is 6.08 Å². The van der Waals surface area contributed by atoms with Crippen LogP contribution in [0.1, 0.15) is 36.7 Å². The number of nitrogens with one attached hydrogen (secondary N) is 4. The van der Waals surface area contributed by atoms with Crippen molar-refractivity contribution in [2.75, 3.05) is 21.7 Å². The molecule has 0 atom stereocenters. The van der Waals surface area contributed by atoms with Crippen molar-refractivity contribution in [3.8, 4) is 6.07 Å². The lowest BCUT2D eigenvalue weighted by molar-refractivity contribution is -0.114. The Balaban J connectivity index is 1.25. The van der Waals surface area contributed by atoms with E-state index in [-0.39, 0.29) is 28.8 Å². The van der Waals surface area contributed by atoms with Crippen LogP contribution in [0.5, 0.6) is 0 Å². The third kappa shape index (κ3) is 9.24. The fourth-order valence-electron chi connectivity index (χ4n) is 4.53. The largest absolute Gasteiger partial charge is 0.321 e. The fraction of sp³-hybridized carbons (Fsp3) is 0.0541. The zero-order valence-electron chi connectivity index (χ0n) is 26.0. The van der Waals surface area contributed by atoms with E-state index in [9.17, 15) is 24.4 Å². The Bertz CT molecular complexity index is 2090. The first kappa shape index (κ1) is 34.7. The maximum Gasteiger partial charge on any atom is 0.272 e. The van der Waals surface area contributed by atoms with Gasteiger partial charge in [0.25, 0.3) is 17.7 Å². The molecule has 0 radical (unpaired) electrons. The Hall–Kier alpha value is -5.67. The second-order valence-corrected chi connectivity index (χ2v) is 12.9. The van der Waals surface area contributed by atoms with Crippen molar-refractivity contribution in [2.45, 2.75) is 11.8 Å². The molecule has 5 aromatic rings. The number of hydrogen-bond donors (Lipinski definition) is 4. The second-order valence-electron chi connectivity index (χ2n) is 10.4. The van der Waals surface area contributed by atoms with Gasteiger partial charge in [0, 0.05) is 26.9 Å². The first-order valence-corrected chi connectivity index (χ1v) is 17.0. The van der Waals surface area contributed by atoms with Gasteiger partial charge in [-0.25, -0.2) is 0 Å². The van der Waals surface area contributed by atoms with Gasteiger partial charge in [0.05, 0.1) is 16.2 Å². The Kier molecular flexibility index (Phi) is 11.6. The molecule has 0 saturated heterocycles. The molecule has 0 fully saturated rings. The molecule has 0 saturated carbocycles. The number of thiophene rings is 1. The van der Waals surface area contributed by atoms with Crippen molar-refractivity contribution in [1.29, 1.82) is 5.26 Å². The van der Waals surface area contributed by atoms with Crippen LogP contribution in [-0.2, 0) is 9.59 Å². The summed E-state index contributed by atoms with van der Waals surface area (Å²) in [6.45, 7) is 1.67. The number of halogens is 1. The minimum Gasteiger partial charge on any atom is -0.321 e. The standard InChI is InChI=1S/C37H28ClN5O4S2/c1-23-29(21-39)37(49-33(23)36(47)40-26-14-6-3-7-15-26)43-32(44)22-48-28-17-10-16-27(20-28)41-35(46)31(19-25-13-8-9-18-30(25)38)42-34(45)24-11-4-2-5-12-24/h2-20H,22H2,1H3,(H,40,47)(H,41,46)(H,42,45)(H,43,44)/b31-19+. The lowest BCUT2D eigenvalue weighted by Crippen LogP contribution is -2.30. The number of nitrogens with zero attached hydrogens (tertiary/aromatic N) is 1. The highest BCUT2D eigenvalue weighted by molar-refractivity contribution is 8.00. The quantitative estimate of drug-likeness (QED) is 0.0812. The van der Waals surface area contributed by atoms with Crippen molar-refractivity contribution in [3.05, 3.63) is 147 Å². The summed E-state index contributed by atoms with van der Waals surface area (Å²) in [5.74, 6) is -1.79. The van der Waals surface area contributed by atoms with Crippen LogP contribution in [0.4, 0.5) is 16.4 Å². The molecule has 49 heavy (non-hydrogen) atoms. The van der Waals surface area contributed by atoms with E-state index in [1.165, 1.54) is 17.8 Å². The second kappa shape index (κ2) is 16.4. The molecule has 244 valence electrons. The van der Waals surface area contributed by atoms with E-state index >= 15 is 0 Å². The summed E-state index contributed by atoms with van der Waals surface area (Å²) in [5, 5.41) is 21.5. The average molecular weight is 706 g/mol. The van der Waals surface area contributed by atoms with Crippen LogP contribution in [-0.4, -0.2) is 29.4 Å². The molecule has 4 N–H and O–H groups in total. The molecule has 4 aromatic carbocycles. The van der Waals surface area contributed by atoms with Crippen LogP contribution in [0.15, 0.2) is 120 Å². The molecule has 0 aliphatic carbocycles. The zero-order valence-corrected chi connectivity index (χ0v) is 28.3. The van der Waals surface area contributed by atoms with Gasteiger partial charge in [-0.3, -0.25) is 19.2 Å². The van der Waals surface area contributed by atoms with E-state index in [2.05, 4.69) is 27.3 Å². The van der Waals surface area contributed by atoms with Gasteiger partial charge >= 0.3 is 0 Å². The first-order valence-electron chi connectivity index (χ1n) is 14.8. The summed E-state index contributed by atoms with van der Waals surface area (Å²) < 4.78 is 0. The van der Waals surface area contributed by atoms with Gasteiger partial charge in [-0.2, -0.15) is 5.26 Å². The number of nitriles is 1. The highest BCUT2D eigenvalue weighted by Gasteiger charge is 2.22. The van der Waals surface area contributed by atoms with Crippen molar-refractivity contribution in [1.82, 2.24) is 5.32 Å². The molecule has 0 aliphatic heterocycles. The number of rotatable bonds is 11. The number of thioether (sulfide) groups is 1. The number of carbonyl (C=O) groups excluding carboxylic acids is 4. The maximum absolute atomic E-state index is 13.5. The molecule has 9 nitrogen and oxygen atoms in total. The van der Waals surface area contributed by atoms with E-state index in [0.717, 1.165) is 11.3 Å². The Morgan fingerprint density at radius 3 is 2.20 bits per heavy atom. The van der Waals surface area contributed by atoms with E-state index in [0.29, 0.717) is 47.9 Å². The monoisotopic (exact) mass is 705 g/mol. The van der Waals surface area contributed by atoms with E-state index in [1.807, 2.05) is 6.07 Å². The third-order valence-electron chi connectivity index (χ3n) is 6.95. The van der Waals surface area contributed by atoms with Crippen LogP contribution in [0.2, 0.25) is 5.02 Å². The topological polar surface area (TPSA) is 140 Å². The molecule has 1 heterocycles. The molecular weight excluding hydrogens is 678 g/mol. The van der Waals surface area contributed by atoms with E-state index < -0.39 is 11.8 Å². The molecule has 0 aliphatic rings. The molecule has 12 heteroatoms. The summed E-state index contributed by atoms with van der Waals surface area (Å²) in [6, 6.07) is 33.4. The van der Waals surface area contributed by atoms with Crippen molar-refractivity contribution in [3.63, 3.8) is 0 Å². The summed E-state index contributed by atoms with van der Waals surface area (Å²) in [4.78, 5) is 53.3. The minimum atomic E-state index is -0.576. The lowest BCUT2D eigenvalue weighted by Gasteiger charge is -2.12. The number of carbonyl (C=O) groups is 4. The molecule has 1 aromatic heterocycles. The highest BCUT2D eigenvalue weighted by atomic mass is 35.5. The Morgan fingerprint density at radius 2 is 1.49 bits per heavy atom. The SMILES string of the molecule is Cc1c(C(=O)Nc2ccccc2)sc(NC(=O)CSc2cccc(NC(=O)/C(=C\c3ccccc3Cl)NC(=O)c3ccccc3)c2)c1C#N. The van der Waals surface area contributed by atoms with Gasteiger partial charge in [-0.05, 0) is 72.7 Å². The van der Waals surface area contributed by atoms with E-state index in [1.54, 1.807) is 110 Å². The van der Waals surface area contributed by atoms with Crippen LogP contribution < -0.4 is 21.3 Å². The molecule has 5 rings (SSSR count). The molecule has 0 spiro atoms. The number of anilines is 3. The molecule has 4 amide bonds. The van der Waals surface area contributed by atoms with Crippen LogP contribution in [0, 0.1) is 18.3 Å². The predicted molar refractivity (Wildman–Crippen MR) is 196 cm³/mol. The van der Waals surface area contributed by atoms with Gasteiger partial charge in [-0.1, -0.05) is 72.3 Å². The van der Waals surface area contributed by atoms with Gasteiger partial charge in [0.2, 0.25) is 5.91 Å². The summed E-state index contributed by atoms with van der Waals surface area (Å²) in [6.07, 6.45) is 1.50. The number of amides is 4. The number of benzene rings is 4. The Morgan fingerprint density at radius 1 is 0.816 bits per heavy atom. The minimum absolute atomic E-state index is 0.00441. The highest BCUT2D eigenvalue weighted by Crippen LogP contribution is 2.33. The van der Waals surface area contributed by atoms with Gasteiger partial charge in [0.1, 0.15) is 16.8 Å². The smallest absolute Gasteiger partial charge is 0.272 e. The van der Waals surface area contributed by atoms with Crippen molar-refractivity contribution in [2.24, 2.45) is 0 Å². The molecule has 0 unspecified atom stereocenters. The molecular formula is C37H28ClN5O4S2. The summed E-state index contributed by atoms with van der Waals surface area (Å²) in [5.41, 5.74) is 2.66. The predicted octanol–water partition coefficient (Wildman–Crippen LogP) is 7.97. The fourth-order valence-corrected chi connectivity index (χ4v) is 6.54. The Labute approximate surface area is 296 Å². The number of para-hydroxylation sites is 1. The van der Waals surface area contributed by atoms with Crippen molar-refractivity contribution < 1.29 is 19.2 Å². The maximum atomic E-state index is 13.5. The van der Waals surface area contributed by atoms with Gasteiger partial charge in [-0.15, -0.1) is 23.1 Å². The van der Waals surface area contributed by atoms with Crippen LogP contribution >= 0.6 is 34.7 Å². The summed E-state index contributed by atoms with van der Waals surface area (Å²) >= 11 is 8.59. The third-order valence-corrected chi connectivity index (χ3v) is 9.49. The van der Waals surface area contributed by atoms with Gasteiger partial charge < -0.3 is 21.3 Å². The normalized spacial score (nSPS) is 10.8. The zero-order chi connectivity index (χ0) is 34.8. The van der Waals surface area contributed by atoms with Gasteiger partial charge in [0.15, 0.2) is 0 Å². The number of hydrogen-bond acceptors (Lipinski definition) is 7. The van der Waals surface area contributed by atoms with Crippen LogP contribution in [0.3, 0.4) is 0 Å². The molecule has 0 bridgehead atoms. The lowest BCUT2D eigenvalue weighted by atomic mass is 10.1. The first-order chi connectivity index (χ1) is 23.7. The average Bonchev–Trinajstić information content (AvgIpc) is 3.43. The summed E-state index contributed by atoms with van der Waals surface area (Å²) in [7, 11) is 0. The van der Waals surface area contributed by atoms with Crippen molar-refractivity contribution >= 4 is 80.8 Å². The van der Waals surface area contributed by atoms with E-state index in [4.69, 9.17) is 11.6 Å².